The zero-order valence-electron chi connectivity index (χ0n) is 18.1. The molecule has 2 aromatic rings. The summed E-state index contributed by atoms with van der Waals surface area (Å²) in [6.07, 6.45) is 2.80. The van der Waals surface area contributed by atoms with Gasteiger partial charge in [0.05, 0.1) is 12.0 Å². The predicted molar refractivity (Wildman–Crippen MR) is 134 cm³/mol. The third-order valence-corrected chi connectivity index (χ3v) is 5.62. The Bertz CT molecular complexity index is 929. The summed E-state index contributed by atoms with van der Waals surface area (Å²) in [6, 6.07) is 13.2. The number of benzene rings is 2. The second-order valence-corrected chi connectivity index (χ2v) is 8.93. The highest BCUT2D eigenvalue weighted by molar-refractivity contribution is 14.0. The zero-order chi connectivity index (χ0) is 21.3. The normalized spacial score (nSPS) is 11.5. The molecule has 2 rings (SSSR count). The average Bonchev–Trinajstić information content (AvgIpc) is 2.68. The Hall–Kier alpha value is -1.81. The van der Waals surface area contributed by atoms with Crippen LogP contribution in [0.1, 0.15) is 23.6 Å². The minimum Gasteiger partial charge on any atom is -0.496 e. The predicted octanol–water partition coefficient (Wildman–Crippen LogP) is 3.37. The van der Waals surface area contributed by atoms with Gasteiger partial charge in [0.15, 0.2) is 15.8 Å². The molecule has 8 heteroatoms. The molecule has 2 aromatic carbocycles. The summed E-state index contributed by atoms with van der Waals surface area (Å²) < 4.78 is 28.5. The van der Waals surface area contributed by atoms with Gasteiger partial charge in [-0.15, -0.1) is 24.0 Å². The van der Waals surface area contributed by atoms with Crippen molar-refractivity contribution in [1.29, 1.82) is 0 Å². The Morgan fingerprint density at radius 3 is 2.37 bits per heavy atom. The Balaban J connectivity index is 0.00000450. The van der Waals surface area contributed by atoms with Gasteiger partial charge in [0.25, 0.3) is 0 Å². The monoisotopic (exact) mass is 545 g/mol. The molecule has 0 fully saturated rings. The first-order valence-corrected chi connectivity index (χ1v) is 11.7. The molecule has 0 saturated carbocycles. The molecule has 0 aliphatic heterocycles. The van der Waals surface area contributed by atoms with Gasteiger partial charge in [0.2, 0.25) is 0 Å². The Labute approximate surface area is 197 Å². The van der Waals surface area contributed by atoms with Crippen LogP contribution in [0.25, 0.3) is 0 Å². The maximum absolute atomic E-state index is 11.5. The second kappa shape index (κ2) is 12.8. The molecule has 0 aromatic heterocycles. The SMILES string of the molecule is CCNC(=NCCc1cc(C)ccc1OC)NCCc1ccc(S(C)(=O)=O)cc1.I. The van der Waals surface area contributed by atoms with Crippen LogP contribution in [0.4, 0.5) is 0 Å². The summed E-state index contributed by atoms with van der Waals surface area (Å²) in [5.74, 6) is 1.66. The quantitative estimate of drug-likeness (QED) is 0.287. The third kappa shape index (κ3) is 8.51. The summed E-state index contributed by atoms with van der Waals surface area (Å²) in [5.41, 5.74) is 3.43. The van der Waals surface area contributed by atoms with Crippen molar-refractivity contribution >= 4 is 39.8 Å². The van der Waals surface area contributed by atoms with E-state index in [2.05, 4.69) is 28.6 Å². The molecular weight excluding hydrogens is 513 g/mol. The lowest BCUT2D eigenvalue weighted by Crippen LogP contribution is -2.38. The first kappa shape index (κ1) is 26.2. The summed E-state index contributed by atoms with van der Waals surface area (Å²) in [5, 5.41) is 6.58. The van der Waals surface area contributed by atoms with Crippen LogP contribution in [-0.4, -0.2) is 47.4 Å². The average molecular weight is 545 g/mol. The van der Waals surface area contributed by atoms with Gasteiger partial charge in [-0.2, -0.15) is 0 Å². The highest BCUT2D eigenvalue weighted by atomic mass is 127. The molecule has 0 unspecified atom stereocenters. The molecule has 0 heterocycles. The number of aryl methyl sites for hydroxylation is 1. The highest BCUT2D eigenvalue weighted by Crippen LogP contribution is 2.20. The molecule has 6 nitrogen and oxygen atoms in total. The van der Waals surface area contributed by atoms with Crippen LogP contribution >= 0.6 is 24.0 Å². The maximum atomic E-state index is 11.5. The van der Waals surface area contributed by atoms with Gasteiger partial charge in [0.1, 0.15) is 5.75 Å². The molecule has 0 aliphatic carbocycles. The fourth-order valence-corrected chi connectivity index (χ4v) is 3.59. The largest absolute Gasteiger partial charge is 0.496 e. The minimum atomic E-state index is -3.16. The van der Waals surface area contributed by atoms with Crippen molar-refractivity contribution in [3.8, 4) is 5.75 Å². The van der Waals surface area contributed by atoms with Gasteiger partial charge in [-0.25, -0.2) is 8.42 Å². The Morgan fingerprint density at radius 1 is 1.07 bits per heavy atom. The van der Waals surface area contributed by atoms with Crippen LogP contribution in [-0.2, 0) is 22.7 Å². The number of aliphatic imine (C=N–C) groups is 1. The number of nitrogens with one attached hydrogen (secondary N) is 2. The number of ether oxygens (including phenoxy) is 1. The maximum Gasteiger partial charge on any atom is 0.191 e. The van der Waals surface area contributed by atoms with Gasteiger partial charge < -0.3 is 15.4 Å². The summed E-state index contributed by atoms with van der Waals surface area (Å²) in [6.45, 7) is 6.24. The summed E-state index contributed by atoms with van der Waals surface area (Å²) in [7, 11) is -1.47. The van der Waals surface area contributed by atoms with E-state index in [9.17, 15) is 8.42 Å². The van der Waals surface area contributed by atoms with Crippen molar-refractivity contribution in [2.24, 2.45) is 4.99 Å². The number of rotatable bonds is 9. The molecule has 0 bridgehead atoms. The summed E-state index contributed by atoms with van der Waals surface area (Å²) in [4.78, 5) is 4.99. The molecule has 0 atom stereocenters. The minimum absolute atomic E-state index is 0. The van der Waals surface area contributed by atoms with E-state index < -0.39 is 9.84 Å². The van der Waals surface area contributed by atoms with Crippen LogP contribution in [0.5, 0.6) is 5.75 Å². The first-order chi connectivity index (χ1) is 13.8. The van der Waals surface area contributed by atoms with Crippen LogP contribution < -0.4 is 15.4 Å². The number of hydrogen-bond donors (Lipinski definition) is 2. The number of sulfone groups is 1. The molecule has 166 valence electrons. The molecule has 2 N–H and O–H groups in total. The van der Waals surface area contributed by atoms with Gasteiger partial charge in [-0.05, 0) is 56.0 Å². The fourth-order valence-electron chi connectivity index (χ4n) is 2.96. The fraction of sp³-hybridized carbons (Fsp3) is 0.409. The highest BCUT2D eigenvalue weighted by Gasteiger charge is 2.06. The summed E-state index contributed by atoms with van der Waals surface area (Å²) >= 11 is 0. The standard InChI is InChI=1S/C22H31N3O3S.HI/c1-5-23-22(25-15-13-19-16-17(2)6-11-21(19)28-3)24-14-12-18-7-9-20(10-8-18)29(4,26)27;/h6-11,16H,5,12-15H2,1-4H3,(H2,23,24,25);1H. The van der Waals surface area contributed by atoms with Crippen LogP contribution in [0.3, 0.4) is 0 Å². The smallest absolute Gasteiger partial charge is 0.191 e. The lowest BCUT2D eigenvalue weighted by Gasteiger charge is -2.12. The molecule has 0 radical (unpaired) electrons. The van der Waals surface area contributed by atoms with E-state index in [1.807, 2.05) is 31.2 Å². The van der Waals surface area contributed by atoms with Crippen LogP contribution in [0.2, 0.25) is 0 Å². The van der Waals surface area contributed by atoms with Gasteiger partial charge in [-0.1, -0.05) is 29.8 Å². The Morgan fingerprint density at radius 2 is 1.77 bits per heavy atom. The molecular formula is C22H32IN3O3S. The van der Waals surface area contributed by atoms with E-state index >= 15 is 0 Å². The van der Waals surface area contributed by atoms with Crippen molar-refractivity contribution < 1.29 is 13.2 Å². The number of hydrogen-bond acceptors (Lipinski definition) is 4. The number of nitrogens with zero attached hydrogens (tertiary/aromatic N) is 1. The lowest BCUT2D eigenvalue weighted by atomic mass is 10.1. The van der Waals surface area contributed by atoms with Crippen molar-refractivity contribution in [3.05, 3.63) is 59.2 Å². The van der Waals surface area contributed by atoms with Crippen molar-refractivity contribution in [2.75, 3.05) is 33.0 Å². The van der Waals surface area contributed by atoms with E-state index in [1.54, 1.807) is 19.2 Å². The van der Waals surface area contributed by atoms with Crippen molar-refractivity contribution in [3.63, 3.8) is 0 Å². The third-order valence-electron chi connectivity index (χ3n) is 4.49. The van der Waals surface area contributed by atoms with E-state index in [0.29, 0.717) is 18.0 Å². The topological polar surface area (TPSA) is 79.8 Å². The molecule has 0 spiro atoms. The number of halogens is 1. The Kier molecular flexibility index (Phi) is 11.2. The van der Waals surface area contributed by atoms with Gasteiger partial charge in [-0.3, -0.25) is 4.99 Å². The van der Waals surface area contributed by atoms with E-state index in [4.69, 9.17) is 4.74 Å². The molecule has 0 saturated heterocycles. The van der Waals surface area contributed by atoms with Crippen molar-refractivity contribution in [2.45, 2.75) is 31.6 Å². The van der Waals surface area contributed by atoms with Crippen molar-refractivity contribution in [1.82, 2.24) is 10.6 Å². The van der Waals surface area contributed by atoms with E-state index in [1.165, 1.54) is 11.8 Å². The number of methoxy groups -OCH3 is 1. The van der Waals surface area contributed by atoms with Gasteiger partial charge >= 0.3 is 0 Å². The van der Waals surface area contributed by atoms with Gasteiger partial charge in [0, 0.05) is 25.9 Å². The number of guanidine groups is 1. The lowest BCUT2D eigenvalue weighted by molar-refractivity contribution is 0.409. The zero-order valence-corrected chi connectivity index (χ0v) is 21.2. The van der Waals surface area contributed by atoms with E-state index in [-0.39, 0.29) is 24.0 Å². The molecule has 0 aliphatic rings. The first-order valence-electron chi connectivity index (χ1n) is 9.78. The second-order valence-electron chi connectivity index (χ2n) is 6.92. The molecule has 30 heavy (non-hydrogen) atoms. The van der Waals surface area contributed by atoms with Crippen LogP contribution in [0.15, 0.2) is 52.4 Å². The van der Waals surface area contributed by atoms with Crippen LogP contribution in [0, 0.1) is 6.92 Å². The molecule has 0 amide bonds. The van der Waals surface area contributed by atoms with E-state index in [0.717, 1.165) is 42.2 Å².